The number of hydrogen-bond donors (Lipinski definition) is 2. The van der Waals surface area contributed by atoms with Gasteiger partial charge in [-0.2, -0.15) is 0 Å². The molecule has 4 rings (SSSR count). The molecule has 20 heavy (non-hydrogen) atoms. The molecule has 5 nitrogen and oxygen atoms in total. The molecule has 0 bridgehead atoms. The minimum atomic E-state index is -0.440. The quantitative estimate of drug-likeness (QED) is 0.866. The van der Waals surface area contributed by atoms with Gasteiger partial charge in [0, 0.05) is 44.1 Å². The summed E-state index contributed by atoms with van der Waals surface area (Å²) < 4.78 is 5.42. The van der Waals surface area contributed by atoms with Gasteiger partial charge in [-0.25, -0.2) is 0 Å². The molecule has 0 aromatic carbocycles. The molecule has 2 saturated heterocycles. The van der Waals surface area contributed by atoms with Crippen LogP contribution in [0.25, 0.3) is 0 Å². The van der Waals surface area contributed by atoms with Gasteiger partial charge in [-0.3, -0.25) is 4.90 Å². The molecule has 2 aliphatic heterocycles. The van der Waals surface area contributed by atoms with E-state index in [0.29, 0.717) is 11.8 Å². The first-order chi connectivity index (χ1) is 9.73. The summed E-state index contributed by atoms with van der Waals surface area (Å²) in [6.45, 7) is 4.64. The van der Waals surface area contributed by atoms with Crippen molar-refractivity contribution in [1.29, 1.82) is 0 Å². The second-order valence-corrected chi connectivity index (χ2v) is 6.73. The molecule has 1 aromatic heterocycles. The summed E-state index contributed by atoms with van der Waals surface area (Å²) >= 11 is 0. The maximum Gasteiger partial charge on any atom is 0.140 e. The Morgan fingerprint density at radius 3 is 3.20 bits per heavy atom. The van der Waals surface area contributed by atoms with Crippen molar-refractivity contribution in [1.82, 2.24) is 15.4 Å². The number of fused-ring (bicyclic) bond motifs is 1. The van der Waals surface area contributed by atoms with Gasteiger partial charge in [0.25, 0.3) is 0 Å². The van der Waals surface area contributed by atoms with Crippen LogP contribution in [0.1, 0.15) is 43.1 Å². The number of rotatable bonds is 3. The van der Waals surface area contributed by atoms with E-state index < -0.39 is 5.60 Å². The van der Waals surface area contributed by atoms with Crippen LogP contribution in [-0.2, 0) is 6.54 Å². The zero-order chi connectivity index (χ0) is 13.6. The van der Waals surface area contributed by atoms with Crippen molar-refractivity contribution in [3.63, 3.8) is 0 Å². The van der Waals surface area contributed by atoms with Crippen LogP contribution in [0.15, 0.2) is 10.6 Å². The Labute approximate surface area is 119 Å². The smallest absolute Gasteiger partial charge is 0.140 e. The van der Waals surface area contributed by atoms with Crippen LogP contribution in [0.4, 0.5) is 0 Å². The third-order valence-corrected chi connectivity index (χ3v) is 5.17. The Bertz CT molecular complexity index is 485. The molecule has 0 spiro atoms. The summed E-state index contributed by atoms with van der Waals surface area (Å²) in [5.74, 6) is 2.04. The number of hydrogen-bond acceptors (Lipinski definition) is 5. The molecule has 1 aliphatic carbocycles. The predicted molar refractivity (Wildman–Crippen MR) is 74.3 cm³/mol. The third-order valence-electron chi connectivity index (χ3n) is 5.17. The van der Waals surface area contributed by atoms with Crippen LogP contribution in [-0.4, -0.2) is 46.9 Å². The van der Waals surface area contributed by atoms with Crippen LogP contribution >= 0.6 is 0 Å². The highest BCUT2D eigenvalue weighted by molar-refractivity contribution is 5.14. The number of aliphatic hydroxyl groups is 1. The highest BCUT2D eigenvalue weighted by Gasteiger charge is 2.42. The molecule has 2 unspecified atom stereocenters. The fraction of sp³-hybridized carbons (Fsp3) is 0.800. The van der Waals surface area contributed by atoms with Gasteiger partial charge in [-0.1, -0.05) is 5.16 Å². The van der Waals surface area contributed by atoms with Crippen molar-refractivity contribution in [3.8, 4) is 0 Å². The lowest BCUT2D eigenvalue weighted by Gasteiger charge is -2.47. The van der Waals surface area contributed by atoms with Crippen molar-refractivity contribution in [2.75, 3.05) is 26.2 Å². The first-order valence-corrected chi connectivity index (χ1v) is 7.84. The molecular formula is C15H23N3O2. The Balaban J connectivity index is 1.39. The third kappa shape index (κ3) is 2.38. The van der Waals surface area contributed by atoms with Crippen LogP contribution in [0, 0.1) is 5.92 Å². The number of aromatic nitrogens is 1. The van der Waals surface area contributed by atoms with E-state index in [4.69, 9.17) is 4.52 Å². The molecule has 0 amide bonds. The summed E-state index contributed by atoms with van der Waals surface area (Å²) in [6, 6.07) is 2.12. The van der Waals surface area contributed by atoms with E-state index in [1.165, 1.54) is 12.8 Å². The minimum absolute atomic E-state index is 0.347. The Kier molecular flexibility index (Phi) is 3.09. The van der Waals surface area contributed by atoms with Crippen molar-refractivity contribution in [2.45, 2.75) is 43.7 Å². The molecule has 5 heteroatoms. The first-order valence-electron chi connectivity index (χ1n) is 7.84. The molecular weight excluding hydrogens is 254 g/mol. The van der Waals surface area contributed by atoms with Gasteiger partial charge in [0.1, 0.15) is 5.76 Å². The zero-order valence-corrected chi connectivity index (χ0v) is 11.8. The summed E-state index contributed by atoms with van der Waals surface area (Å²) in [5.41, 5.74) is 0.603. The van der Waals surface area contributed by atoms with Crippen molar-refractivity contribution in [2.24, 2.45) is 5.92 Å². The van der Waals surface area contributed by atoms with E-state index in [-0.39, 0.29) is 0 Å². The molecule has 2 atom stereocenters. The standard InChI is InChI=1S/C15H23N3O2/c19-15-3-5-16-8-12(15)9-18(6-4-15)10-13-7-14(20-17-13)11-1-2-11/h7,11-12,16,19H,1-6,8-10H2. The van der Waals surface area contributed by atoms with Gasteiger partial charge in [0.05, 0.1) is 11.3 Å². The van der Waals surface area contributed by atoms with Crippen LogP contribution < -0.4 is 5.32 Å². The van der Waals surface area contributed by atoms with Gasteiger partial charge in [-0.15, -0.1) is 0 Å². The maximum absolute atomic E-state index is 10.7. The Morgan fingerprint density at radius 1 is 1.45 bits per heavy atom. The summed E-state index contributed by atoms with van der Waals surface area (Å²) in [7, 11) is 0. The molecule has 1 aromatic rings. The fourth-order valence-electron chi connectivity index (χ4n) is 3.63. The predicted octanol–water partition coefficient (Wildman–Crippen LogP) is 1.10. The SMILES string of the molecule is OC12CCNCC1CN(Cc1cc(C3CC3)on1)CC2. The van der Waals surface area contributed by atoms with E-state index in [0.717, 1.165) is 57.0 Å². The highest BCUT2D eigenvalue weighted by atomic mass is 16.5. The van der Waals surface area contributed by atoms with Crippen LogP contribution in [0.5, 0.6) is 0 Å². The van der Waals surface area contributed by atoms with Gasteiger partial charge >= 0.3 is 0 Å². The second-order valence-electron chi connectivity index (χ2n) is 6.73. The Hall–Kier alpha value is -0.910. The lowest BCUT2D eigenvalue weighted by atomic mass is 9.76. The topological polar surface area (TPSA) is 61.5 Å². The number of piperidine rings is 2. The Morgan fingerprint density at radius 2 is 2.35 bits per heavy atom. The second kappa shape index (κ2) is 4.83. The number of nitrogens with one attached hydrogen (secondary N) is 1. The van der Waals surface area contributed by atoms with Gasteiger partial charge in [0.2, 0.25) is 0 Å². The summed E-state index contributed by atoms with van der Waals surface area (Å²) in [4.78, 5) is 2.40. The van der Waals surface area contributed by atoms with E-state index >= 15 is 0 Å². The maximum atomic E-state index is 10.7. The van der Waals surface area contributed by atoms with Gasteiger partial charge in [-0.05, 0) is 32.2 Å². The number of likely N-dealkylation sites (tertiary alicyclic amines) is 1. The monoisotopic (exact) mass is 277 g/mol. The lowest BCUT2D eigenvalue weighted by molar-refractivity contribution is -0.0902. The molecule has 1 saturated carbocycles. The number of nitrogens with zero attached hydrogens (tertiary/aromatic N) is 2. The largest absolute Gasteiger partial charge is 0.389 e. The molecule has 110 valence electrons. The van der Waals surface area contributed by atoms with Crippen LogP contribution in [0.3, 0.4) is 0 Å². The van der Waals surface area contributed by atoms with E-state index in [1.54, 1.807) is 0 Å². The van der Waals surface area contributed by atoms with E-state index in [9.17, 15) is 5.11 Å². The van der Waals surface area contributed by atoms with E-state index in [1.807, 2.05) is 0 Å². The van der Waals surface area contributed by atoms with Crippen molar-refractivity contribution >= 4 is 0 Å². The lowest BCUT2D eigenvalue weighted by Crippen LogP contribution is -2.58. The average molecular weight is 277 g/mol. The van der Waals surface area contributed by atoms with Crippen molar-refractivity contribution in [3.05, 3.63) is 17.5 Å². The molecule has 2 N–H and O–H groups in total. The molecule has 3 aliphatic rings. The van der Waals surface area contributed by atoms with Gasteiger partial charge < -0.3 is 14.9 Å². The zero-order valence-electron chi connectivity index (χ0n) is 11.8. The molecule has 3 fully saturated rings. The normalized spacial score (nSPS) is 35.0. The molecule has 0 radical (unpaired) electrons. The molecule has 3 heterocycles. The fourth-order valence-corrected chi connectivity index (χ4v) is 3.63. The summed E-state index contributed by atoms with van der Waals surface area (Å²) in [5, 5.41) is 18.3. The van der Waals surface area contributed by atoms with E-state index in [2.05, 4.69) is 21.4 Å². The van der Waals surface area contributed by atoms with Crippen LogP contribution in [0.2, 0.25) is 0 Å². The van der Waals surface area contributed by atoms with Crippen molar-refractivity contribution < 1.29 is 9.63 Å². The first kappa shape index (κ1) is 12.8. The minimum Gasteiger partial charge on any atom is -0.389 e. The van der Waals surface area contributed by atoms with Gasteiger partial charge in [0.15, 0.2) is 0 Å². The average Bonchev–Trinajstić information content (AvgIpc) is 3.20. The highest BCUT2D eigenvalue weighted by Crippen LogP contribution is 2.40. The summed E-state index contributed by atoms with van der Waals surface area (Å²) in [6.07, 6.45) is 4.27.